The van der Waals surface area contributed by atoms with Gasteiger partial charge in [0.15, 0.2) is 0 Å². The molecule has 1 aliphatic carbocycles. The number of carbonyl (C=O) groups excluding carboxylic acids is 1. The zero-order chi connectivity index (χ0) is 25.6. The number of fused-ring (bicyclic) bond motifs is 1. The Kier molecular flexibility index (Phi) is 9.34. The van der Waals surface area contributed by atoms with E-state index in [-0.39, 0.29) is 18.8 Å². The number of anilines is 1. The molecular weight excluding hydrogens is 467 g/mol. The number of alkyl halides is 3. The number of hydrogen-bond acceptors (Lipinski definition) is 7. The highest BCUT2D eigenvalue weighted by Gasteiger charge is 2.43. The van der Waals surface area contributed by atoms with Gasteiger partial charge >= 0.3 is 18.1 Å². The van der Waals surface area contributed by atoms with Gasteiger partial charge in [0.1, 0.15) is 11.9 Å². The van der Waals surface area contributed by atoms with Gasteiger partial charge in [0.2, 0.25) is 0 Å². The summed E-state index contributed by atoms with van der Waals surface area (Å²) in [6.07, 6.45) is -1.42. The molecule has 2 heterocycles. The molecule has 0 saturated heterocycles. The van der Waals surface area contributed by atoms with Crippen LogP contribution in [0.15, 0.2) is 12.1 Å². The minimum atomic E-state index is -4.54. The van der Waals surface area contributed by atoms with Crippen molar-refractivity contribution in [1.82, 2.24) is 10.0 Å². The summed E-state index contributed by atoms with van der Waals surface area (Å²) in [5.74, 6) is -2.64. The van der Waals surface area contributed by atoms with E-state index < -0.39 is 49.1 Å². The second-order valence-electron chi connectivity index (χ2n) is 9.43. The maximum atomic E-state index is 12.8. The van der Waals surface area contributed by atoms with Crippen molar-refractivity contribution >= 4 is 17.8 Å². The Morgan fingerprint density at radius 3 is 2.69 bits per heavy atom. The standard InChI is InChI=1S/C24H34F3N3O5/c1-2-16(14-24(25,26)27)23(34)35-30(20(9-11-31)22(32)33)19-12-15(13-19)5-7-18-8-6-17-4-3-10-28-21(17)29-18/h6,8,15-16,19-20,31H,2-5,7,9-14H2,1H3,(H,28,29)(H,32,33)/t15?,16?,19?,20-/m0/s1. The number of halogens is 3. The van der Waals surface area contributed by atoms with Crippen molar-refractivity contribution in [1.29, 1.82) is 0 Å². The lowest BCUT2D eigenvalue weighted by Crippen LogP contribution is -2.54. The number of aromatic nitrogens is 1. The van der Waals surface area contributed by atoms with Crippen molar-refractivity contribution in [3.8, 4) is 0 Å². The number of carbonyl (C=O) groups is 2. The molecule has 35 heavy (non-hydrogen) atoms. The maximum absolute atomic E-state index is 12.8. The normalized spacial score (nSPS) is 21.4. The molecule has 8 nitrogen and oxygen atoms in total. The van der Waals surface area contributed by atoms with Crippen LogP contribution in [0.1, 0.15) is 63.1 Å². The Morgan fingerprint density at radius 1 is 1.31 bits per heavy atom. The Balaban J connectivity index is 1.60. The third-order valence-electron chi connectivity index (χ3n) is 6.83. The molecule has 1 saturated carbocycles. The molecule has 196 valence electrons. The second-order valence-corrected chi connectivity index (χ2v) is 9.43. The Bertz CT molecular complexity index is 876. The molecule has 1 aromatic heterocycles. The molecule has 0 amide bonds. The first-order valence-corrected chi connectivity index (χ1v) is 12.2. The van der Waals surface area contributed by atoms with E-state index in [4.69, 9.17) is 4.84 Å². The maximum Gasteiger partial charge on any atom is 0.389 e. The van der Waals surface area contributed by atoms with Crippen LogP contribution in [-0.2, 0) is 27.3 Å². The van der Waals surface area contributed by atoms with E-state index in [1.165, 1.54) is 12.5 Å². The number of nitrogens with zero attached hydrogens (tertiary/aromatic N) is 2. The van der Waals surface area contributed by atoms with Crippen molar-refractivity contribution < 1.29 is 37.8 Å². The molecule has 0 radical (unpaired) electrons. The predicted octanol–water partition coefficient (Wildman–Crippen LogP) is 3.73. The van der Waals surface area contributed by atoms with Crippen LogP contribution in [0.25, 0.3) is 0 Å². The molecule has 1 fully saturated rings. The number of hydrogen-bond donors (Lipinski definition) is 3. The van der Waals surface area contributed by atoms with E-state index in [0.717, 1.165) is 48.8 Å². The zero-order valence-electron chi connectivity index (χ0n) is 19.9. The summed E-state index contributed by atoms with van der Waals surface area (Å²) in [4.78, 5) is 34.3. The summed E-state index contributed by atoms with van der Waals surface area (Å²) in [6, 6.07) is 2.35. The largest absolute Gasteiger partial charge is 0.480 e. The van der Waals surface area contributed by atoms with Gasteiger partial charge in [-0.05, 0) is 68.9 Å². The lowest BCUT2D eigenvalue weighted by Gasteiger charge is -2.43. The van der Waals surface area contributed by atoms with E-state index in [1.54, 1.807) is 0 Å². The smallest absolute Gasteiger partial charge is 0.389 e. The number of carboxylic acid groups (broad SMARTS) is 1. The number of nitrogens with one attached hydrogen (secondary N) is 1. The fourth-order valence-corrected chi connectivity index (χ4v) is 4.73. The Labute approximate surface area is 202 Å². The first-order chi connectivity index (χ1) is 16.6. The highest BCUT2D eigenvalue weighted by molar-refractivity contribution is 5.75. The molecule has 1 aliphatic heterocycles. The topological polar surface area (TPSA) is 112 Å². The van der Waals surface area contributed by atoms with Gasteiger partial charge in [0.05, 0.1) is 12.3 Å². The highest BCUT2D eigenvalue weighted by atomic mass is 19.4. The monoisotopic (exact) mass is 501 g/mol. The molecule has 2 aliphatic rings. The van der Waals surface area contributed by atoms with Gasteiger partial charge in [-0.3, -0.25) is 9.59 Å². The Hall–Kier alpha value is -2.40. The highest BCUT2D eigenvalue weighted by Crippen LogP contribution is 2.37. The molecule has 1 unspecified atom stereocenters. The summed E-state index contributed by atoms with van der Waals surface area (Å²) in [6.45, 7) is 1.90. The molecule has 3 N–H and O–H groups in total. The van der Waals surface area contributed by atoms with Crippen LogP contribution in [0.2, 0.25) is 0 Å². The van der Waals surface area contributed by atoms with Gasteiger partial charge in [0.25, 0.3) is 0 Å². The average molecular weight is 502 g/mol. The Morgan fingerprint density at radius 2 is 2.06 bits per heavy atom. The van der Waals surface area contributed by atoms with Crippen LogP contribution < -0.4 is 5.32 Å². The van der Waals surface area contributed by atoms with Crippen LogP contribution >= 0.6 is 0 Å². The van der Waals surface area contributed by atoms with Gasteiger partial charge in [-0.2, -0.15) is 13.2 Å². The fourth-order valence-electron chi connectivity index (χ4n) is 4.73. The van der Waals surface area contributed by atoms with Crippen molar-refractivity contribution in [2.75, 3.05) is 18.5 Å². The minimum Gasteiger partial charge on any atom is -0.480 e. The van der Waals surface area contributed by atoms with E-state index in [2.05, 4.69) is 16.4 Å². The number of carboxylic acids is 1. The quantitative estimate of drug-likeness (QED) is 0.372. The summed E-state index contributed by atoms with van der Waals surface area (Å²) >= 11 is 0. The van der Waals surface area contributed by atoms with E-state index >= 15 is 0 Å². The third-order valence-corrected chi connectivity index (χ3v) is 6.83. The van der Waals surface area contributed by atoms with Gasteiger partial charge < -0.3 is 20.4 Å². The molecule has 1 aromatic rings. The molecular formula is C24H34F3N3O5. The minimum absolute atomic E-state index is 0.0835. The summed E-state index contributed by atoms with van der Waals surface area (Å²) in [5, 5.41) is 23.2. The van der Waals surface area contributed by atoms with Crippen molar-refractivity contribution in [2.24, 2.45) is 11.8 Å². The first-order valence-electron chi connectivity index (χ1n) is 12.2. The zero-order valence-corrected chi connectivity index (χ0v) is 19.9. The van der Waals surface area contributed by atoms with Crippen molar-refractivity contribution in [3.63, 3.8) is 0 Å². The number of aryl methyl sites for hydroxylation is 2. The molecule has 0 aromatic carbocycles. The number of rotatable bonds is 12. The van der Waals surface area contributed by atoms with Crippen LogP contribution in [0, 0.1) is 11.8 Å². The SMILES string of the molecule is CCC(CC(F)(F)F)C(=O)ON(C1CC(CCc2ccc3c(n2)NCCC3)C1)[C@@H](CCO)C(=O)O. The molecule has 0 bridgehead atoms. The number of aliphatic hydroxyl groups is 1. The van der Waals surface area contributed by atoms with E-state index in [0.29, 0.717) is 12.8 Å². The van der Waals surface area contributed by atoms with Gasteiger partial charge in [-0.25, -0.2) is 4.98 Å². The second kappa shape index (κ2) is 12.0. The predicted molar refractivity (Wildman–Crippen MR) is 121 cm³/mol. The molecule has 0 spiro atoms. The number of aliphatic carboxylic acids is 1. The number of hydroxylamine groups is 2. The third kappa shape index (κ3) is 7.54. The lowest BCUT2D eigenvalue weighted by atomic mass is 9.76. The van der Waals surface area contributed by atoms with Gasteiger partial charge in [0, 0.05) is 24.9 Å². The van der Waals surface area contributed by atoms with Crippen molar-refractivity contribution in [3.05, 3.63) is 23.4 Å². The number of pyridine rings is 1. The number of aliphatic hydroxyl groups excluding tert-OH is 1. The first kappa shape index (κ1) is 27.2. The van der Waals surface area contributed by atoms with E-state index in [1.807, 2.05) is 6.07 Å². The van der Waals surface area contributed by atoms with Crippen LogP contribution in [0.5, 0.6) is 0 Å². The van der Waals surface area contributed by atoms with Crippen LogP contribution in [0.3, 0.4) is 0 Å². The van der Waals surface area contributed by atoms with Gasteiger partial charge in [-0.1, -0.05) is 13.0 Å². The summed E-state index contributed by atoms with van der Waals surface area (Å²) in [7, 11) is 0. The van der Waals surface area contributed by atoms with Crippen molar-refractivity contribution in [2.45, 2.75) is 83.0 Å². The molecule has 2 atom stereocenters. The van der Waals surface area contributed by atoms with Crippen LogP contribution in [-0.4, -0.2) is 63.6 Å². The molecule has 3 rings (SSSR count). The van der Waals surface area contributed by atoms with Crippen LogP contribution in [0.4, 0.5) is 19.0 Å². The van der Waals surface area contributed by atoms with Gasteiger partial charge in [-0.15, -0.1) is 5.06 Å². The molecule has 11 heteroatoms. The summed E-state index contributed by atoms with van der Waals surface area (Å²) < 4.78 is 38.5. The average Bonchev–Trinajstić information content (AvgIpc) is 2.78. The van der Waals surface area contributed by atoms with E-state index in [9.17, 15) is 33.0 Å². The lowest BCUT2D eigenvalue weighted by molar-refractivity contribution is -0.241. The fraction of sp³-hybridized carbons (Fsp3) is 0.708. The summed E-state index contributed by atoms with van der Waals surface area (Å²) in [5.41, 5.74) is 2.17.